The first kappa shape index (κ1) is 21.9. The minimum absolute atomic E-state index is 0.0867. The summed E-state index contributed by atoms with van der Waals surface area (Å²) >= 11 is 0. The average Bonchev–Trinajstić information content (AvgIpc) is 3.40. The van der Waals surface area contributed by atoms with E-state index in [1.807, 2.05) is 60.2 Å². The van der Waals surface area contributed by atoms with Crippen molar-refractivity contribution in [2.75, 3.05) is 32.8 Å². The summed E-state index contributed by atoms with van der Waals surface area (Å²) in [6.45, 7) is 7.86. The van der Waals surface area contributed by atoms with Gasteiger partial charge in [-0.3, -0.25) is 9.78 Å². The predicted octanol–water partition coefficient (Wildman–Crippen LogP) is 3.40. The fraction of sp³-hybridized carbons (Fsp3) is 0.500. The number of ether oxygens (including phenoxy) is 1. The molecule has 3 amide bonds. The lowest BCUT2D eigenvalue weighted by Crippen LogP contribution is -2.56. The number of urea groups is 1. The van der Waals surface area contributed by atoms with Gasteiger partial charge in [0.2, 0.25) is 0 Å². The van der Waals surface area contributed by atoms with Gasteiger partial charge >= 0.3 is 6.03 Å². The zero-order valence-electron chi connectivity index (χ0n) is 19.5. The summed E-state index contributed by atoms with van der Waals surface area (Å²) in [6.07, 6.45) is 6.03. The predicted molar refractivity (Wildman–Crippen MR) is 125 cm³/mol. The monoisotopic (exact) mass is 448 g/mol. The maximum absolute atomic E-state index is 13.6. The number of hydrogen-bond acceptors (Lipinski definition) is 4. The molecule has 0 aliphatic carbocycles. The average molecular weight is 449 g/mol. The highest BCUT2D eigenvalue weighted by atomic mass is 16.5. The molecule has 1 aromatic heterocycles. The molecule has 0 saturated carbocycles. The highest BCUT2D eigenvalue weighted by Gasteiger charge is 2.54. The number of carbonyl (C=O) groups excluding carboxylic acids is 2. The molecule has 0 radical (unpaired) electrons. The Morgan fingerprint density at radius 2 is 2.03 bits per heavy atom. The molecule has 7 nitrogen and oxygen atoms in total. The molecule has 1 atom stereocenters. The van der Waals surface area contributed by atoms with Gasteiger partial charge in [0, 0.05) is 56.8 Å². The molecular formula is C26H32N4O3. The summed E-state index contributed by atoms with van der Waals surface area (Å²) in [5.41, 5.74) is 3.67. The molecule has 3 saturated heterocycles. The minimum Gasteiger partial charge on any atom is -0.379 e. The van der Waals surface area contributed by atoms with Crippen molar-refractivity contribution < 1.29 is 14.3 Å². The number of likely N-dealkylation sites (tertiary alicyclic amines) is 1. The van der Waals surface area contributed by atoms with E-state index in [9.17, 15) is 9.59 Å². The van der Waals surface area contributed by atoms with Crippen molar-refractivity contribution in [1.82, 2.24) is 19.7 Å². The molecule has 1 spiro atoms. The smallest absolute Gasteiger partial charge is 0.321 e. The van der Waals surface area contributed by atoms with Gasteiger partial charge in [0.1, 0.15) is 0 Å². The van der Waals surface area contributed by atoms with Crippen molar-refractivity contribution in [1.29, 1.82) is 0 Å². The van der Waals surface area contributed by atoms with E-state index in [-0.39, 0.29) is 23.5 Å². The van der Waals surface area contributed by atoms with Crippen LogP contribution in [-0.2, 0) is 11.3 Å². The Morgan fingerprint density at radius 1 is 1.21 bits per heavy atom. The molecule has 4 heterocycles. The van der Waals surface area contributed by atoms with Gasteiger partial charge in [-0.2, -0.15) is 0 Å². The molecular weight excluding hydrogens is 416 g/mol. The number of aromatic nitrogens is 1. The lowest BCUT2D eigenvalue weighted by molar-refractivity contribution is 0.0498. The van der Waals surface area contributed by atoms with Crippen molar-refractivity contribution in [3.63, 3.8) is 0 Å². The number of hydrogen-bond donors (Lipinski definition) is 0. The Kier molecular flexibility index (Phi) is 5.83. The summed E-state index contributed by atoms with van der Waals surface area (Å²) in [5.74, 6) is 0.0968. The number of nitrogens with zero attached hydrogens (tertiary/aromatic N) is 4. The first-order chi connectivity index (χ1) is 16.0. The van der Waals surface area contributed by atoms with E-state index >= 15 is 0 Å². The molecule has 1 aromatic carbocycles. The Bertz CT molecular complexity index is 1030. The zero-order chi connectivity index (χ0) is 23.0. The summed E-state index contributed by atoms with van der Waals surface area (Å²) < 4.78 is 5.79. The summed E-state index contributed by atoms with van der Waals surface area (Å²) in [6, 6.07) is 10.2. The SMILES string of the molecule is Cc1ccc(C)c(C(=O)N2CCC(N3C(=O)N(Cc4cccnc4)CC34CCOC4)CC2)c1. The number of benzene rings is 1. The number of aryl methyl sites for hydroxylation is 2. The van der Waals surface area contributed by atoms with Crippen LogP contribution >= 0.6 is 0 Å². The first-order valence-electron chi connectivity index (χ1n) is 11.9. The molecule has 1 unspecified atom stereocenters. The van der Waals surface area contributed by atoms with Gasteiger partial charge in [-0.25, -0.2) is 4.79 Å². The van der Waals surface area contributed by atoms with Crippen LogP contribution < -0.4 is 0 Å². The zero-order valence-corrected chi connectivity index (χ0v) is 19.5. The number of piperidine rings is 1. The van der Waals surface area contributed by atoms with Crippen LogP contribution in [0.25, 0.3) is 0 Å². The normalized spacial score (nSPS) is 23.7. The van der Waals surface area contributed by atoms with Crippen LogP contribution in [0.15, 0.2) is 42.7 Å². The summed E-state index contributed by atoms with van der Waals surface area (Å²) in [7, 11) is 0. The summed E-state index contributed by atoms with van der Waals surface area (Å²) in [5, 5.41) is 0. The van der Waals surface area contributed by atoms with Crippen LogP contribution in [0.2, 0.25) is 0 Å². The van der Waals surface area contributed by atoms with Crippen LogP contribution in [-0.4, -0.2) is 76.1 Å². The Morgan fingerprint density at radius 3 is 2.73 bits per heavy atom. The van der Waals surface area contributed by atoms with Gasteiger partial charge in [-0.1, -0.05) is 23.8 Å². The van der Waals surface area contributed by atoms with Crippen LogP contribution in [0.5, 0.6) is 0 Å². The molecule has 3 fully saturated rings. The number of carbonyl (C=O) groups is 2. The highest BCUT2D eigenvalue weighted by Crippen LogP contribution is 2.39. The standard InChI is InChI=1S/C26H32N4O3/c1-19-5-6-20(2)23(14-19)24(31)28-11-7-22(8-12-28)30-25(32)29(16-21-4-3-10-27-15-21)17-26(30)9-13-33-18-26/h3-6,10,14-15,22H,7-9,11-13,16-18H2,1-2H3. The van der Waals surface area contributed by atoms with Crippen molar-refractivity contribution in [2.24, 2.45) is 0 Å². The highest BCUT2D eigenvalue weighted by molar-refractivity contribution is 5.96. The summed E-state index contributed by atoms with van der Waals surface area (Å²) in [4.78, 5) is 37.0. The maximum Gasteiger partial charge on any atom is 0.321 e. The van der Waals surface area contributed by atoms with E-state index in [0.29, 0.717) is 39.4 Å². The van der Waals surface area contributed by atoms with Gasteiger partial charge < -0.3 is 19.4 Å². The lowest BCUT2D eigenvalue weighted by Gasteiger charge is -2.42. The number of rotatable bonds is 4. The van der Waals surface area contributed by atoms with Crippen molar-refractivity contribution in [3.05, 3.63) is 65.0 Å². The van der Waals surface area contributed by atoms with E-state index in [2.05, 4.69) is 9.88 Å². The van der Waals surface area contributed by atoms with Crippen molar-refractivity contribution in [2.45, 2.75) is 51.2 Å². The Hall–Kier alpha value is -2.93. The maximum atomic E-state index is 13.6. The van der Waals surface area contributed by atoms with Crippen LogP contribution in [0.1, 0.15) is 46.3 Å². The molecule has 3 aliphatic rings. The second-order valence-corrected chi connectivity index (χ2v) is 9.74. The van der Waals surface area contributed by atoms with Gasteiger partial charge in [-0.05, 0) is 56.4 Å². The third-order valence-electron chi connectivity index (χ3n) is 7.39. The number of amides is 3. The third kappa shape index (κ3) is 4.10. The topological polar surface area (TPSA) is 66.0 Å². The van der Waals surface area contributed by atoms with E-state index in [1.54, 1.807) is 6.20 Å². The van der Waals surface area contributed by atoms with Crippen LogP contribution in [0, 0.1) is 13.8 Å². The van der Waals surface area contributed by atoms with Gasteiger partial charge in [0.05, 0.1) is 12.1 Å². The van der Waals surface area contributed by atoms with Gasteiger partial charge in [0.15, 0.2) is 0 Å². The van der Waals surface area contributed by atoms with Gasteiger partial charge in [-0.15, -0.1) is 0 Å². The lowest BCUT2D eigenvalue weighted by atomic mass is 9.92. The molecule has 174 valence electrons. The fourth-order valence-electron chi connectivity index (χ4n) is 5.61. The largest absolute Gasteiger partial charge is 0.379 e. The molecule has 3 aliphatic heterocycles. The van der Waals surface area contributed by atoms with E-state index in [0.717, 1.165) is 41.5 Å². The van der Waals surface area contributed by atoms with E-state index in [4.69, 9.17) is 4.74 Å². The molecule has 0 bridgehead atoms. The van der Waals surface area contributed by atoms with Crippen LogP contribution in [0.4, 0.5) is 4.79 Å². The van der Waals surface area contributed by atoms with Crippen LogP contribution in [0.3, 0.4) is 0 Å². The minimum atomic E-state index is -0.261. The van der Waals surface area contributed by atoms with E-state index < -0.39 is 0 Å². The quantitative estimate of drug-likeness (QED) is 0.719. The van der Waals surface area contributed by atoms with E-state index in [1.165, 1.54) is 0 Å². The molecule has 7 heteroatoms. The second kappa shape index (κ2) is 8.78. The second-order valence-electron chi connectivity index (χ2n) is 9.74. The Labute approximate surface area is 195 Å². The van der Waals surface area contributed by atoms with Crippen molar-refractivity contribution >= 4 is 11.9 Å². The Balaban J connectivity index is 1.30. The third-order valence-corrected chi connectivity index (χ3v) is 7.39. The van der Waals surface area contributed by atoms with Gasteiger partial charge in [0.25, 0.3) is 5.91 Å². The molecule has 2 aromatic rings. The molecule has 5 rings (SSSR count). The molecule has 33 heavy (non-hydrogen) atoms. The van der Waals surface area contributed by atoms with Crippen molar-refractivity contribution in [3.8, 4) is 0 Å². The fourth-order valence-corrected chi connectivity index (χ4v) is 5.61. The number of pyridine rings is 1. The first-order valence-corrected chi connectivity index (χ1v) is 11.9. The molecule has 0 N–H and O–H groups in total.